The summed E-state index contributed by atoms with van der Waals surface area (Å²) in [5, 5.41) is 2.65. The lowest BCUT2D eigenvalue weighted by Crippen LogP contribution is -2.29. The van der Waals surface area contributed by atoms with Gasteiger partial charge in [0.15, 0.2) is 6.61 Å². The Balaban J connectivity index is 1.61. The molecule has 130 valence electrons. The van der Waals surface area contributed by atoms with Gasteiger partial charge in [0.25, 0.3) is 5.91 Å². The van der Waals surface area contributed by atoms with Crippen LogP contribution >= 0.6 is 0 Å². The first-order valence-corrected chi connectivity index (χ1v) is 7.72. The van der Waals surface area contributed by atoms with Crippen LogP contribution in [-0.2, 0) is 4.79 Å². The second-order valence-electron chi connectivity index (χ2n) is 5.02. The summed E-state index contributed by atoms with van der Waals surface area (Å²) < 4.78 is 15.8. The van der Waals surface area contributed by atoms with Crippen LogP contribution in [-0.4, -0.2) is 37.8 Å². The summed E-state index contributed by atoms with van der Waals surface area (Å²) >= 11 is 0. The molecule has 0 aliphatic carbocycles. The van der Waals surface area contributed by atoms with Gasteiger partial charge in [-0.1, -0.05) is 11.8 Å². The number of ether oxygens (including phenoxy) is 3. The SMILES string of the molecule is COc1ccc(OCC(=O)NCC#CCOc2ccc(C)nc2)cc1. The molecule has 0 fully saturated rings. The normalized spacial score (nSPS) is 9.52. The van der Waals surface area contributed by atoms with Gasteiger partial charge in [0.05, 0.1) is 19.9 Å². The molecule has 0 saturated heterocycles. The number of hydrogen-bond acceptors (Lipinski definition) is 5. The summed E-state index contributed by atoms with van der Waals surface area (Å²) in [6.07, 6.45) is 1.65. The summed E-state index contributed by atoms with van der Waals surface area (Å²) in [5.74, 6) is 7.39. The van der Waals surface area contributed by atoms with Crippen LogP contribution in [0.25, 0.3) is 0 Å². The molecule has 0 aliphatic heterocycles. The van der Waals surface area contributed by atoms with E-state index < -0.39 is 0 Å². The number of hydrogen-bond donors (Lipinski definition) is 1. The van der Waals surface area contributed by atoms with Gasteiger partial charge in [0, 0.05) is 5.69 Å². The predicted molar refractivity (Wildman–Crippen MR) is 93.7 cm³/mol. The Bertz CT molecular complexity index is 731. The molecule has 1 N–H and O–H groups in total. The monoisotopic (exact) mass is 340 g/mol. The minimum Gasteiger partial charge on any atom is -0.497 e. The zero-order valence-electron chi connectivity index (χ0n) is 14.2. The van der Waals surface area contributed by atoms with Gasteiger partial charge in [-0.25, -0.2) is 0 Å². The van der Waals surface area contributed by atoms with Crippen molar-refractivity contribution in [2.45, 2.75) is 6.92 Å². The molecule has 2 aromatic rings. The van der Waals surface area contributed by atoms with Crippen molar-refractivity contribution >= 4 is 5.91 Å². The van der Waals surface area contributed by atoms with Crippen molar-refractivity contribution in [2.75, 3.05) is 26.9 Å². The number of nitrogens with zero attached hydrogens (tertiary/aromatic N) is 1. The second kappa shape index (κ2) is 9.83. The van der Waals surface area contributed by atoms with Gasteiger partial charge in [-0.05, 0) is 43.3 Å². The van der Waals surface area contributed by atoms with Crippen molar-refractivity contribution in [1.29, 1.82) is 0 Å². The molecular weight excluding hydrogens is 320 g/mol. The Kier molecular flexibility index (Phi) is 7.13. The first kappa shape index (κ1) is 18.1. The van der Waals surface area contributed by atoms with E-state index in [9.17, 15) is 4.79 Å². The van der Waals surface area contributed by atoms with Crippen molar-refractivity contribution < 1.29 is 19.0 Å². The predicted octanol–water partition coefficient (Wildman–Crippen LogP) is 1.98. The number of aryl methyl sites for hydroxylation is 1. The molecule has 6 heteroatoms. The lowest BCUT2D eigenvalue weighted by Gasteiger charge is -2.06. The standard InChI is InChI=1S/C19H20N2O4/c1-15-5-6-18(13-21-15)24-12-4-3-11-20-19(22)14-25-17-9-7-16(23-2)8-10-17/h5-10,13H,11-12,14H2,1-2H3,(H,20,22). The summed E-state index contributed by atoms with van der Waals surface area (Å²) in [7, 11) is 1.59. The second-order valence-corrected chi connectivity index (χ2v) is 5.02. The van der Waals surface area contributed by atoms with Crippen molar-refractivity contribution in [3.63, 3.8) is 0 Å². The van der Waals surface area contributed by atoms with Gasteiger partial charge in [0.1, 0.15) is 23.9 Å². The van der Waals surface area contributed by atoms with Gasteiger partial charge in [-0.15, -0.1) is 0 Å². The van der Waals surface area contributed by atoms with Crippen LogP contribution in [0.1, 0.15) is 5.69 Å². The molecule has 1 heterocycles. The highest BCUT2D eigenvalue weighted by Gasteiger charge is 2.01. The van der Waals surface area contributed by atoms with Crippen LogP contribution in [0.5, 0.6) is 17.2 Å². The summed E-state index contributed by atoms with van der Waals surface area (Å²) in [6.45, 7) is 2.31. The Labute approximate surface area is 147 Å². The average Bonchev–Trinajstić information content (AvgIpc) is 2.64. The Hall–Kier alpha value is -3.20. The third-order valence-corrected chi connectivity index (χ3v) is 3.12. The fourth-order valence-corrected chi connectivity index (χ4v) is 1.79. The number of carbonyl (C=O) groups excluding carboxylic acids is 1. The van der Waals surface area contributed by atoms with Crippen LogP contribution in [0, 0.1) is 18.8 Å². The maximum atomic E-state index is 11.7. The van der Waals surface area contributed by atoms with E-state index in [1.807, 2.05) is 19.1 Å². The lowest BCUT2D eigenvalue weighted by molar-refractivity contribution is -0.122. The minimum atomic E-state index is -0.242. The molecule has 25 heavy (non-hydrogen) atoms. The van der Waals surface area contributed by atoms with Crippen molar-refractivity contribution in [3.8, 4) is 29.1 Å². The molecule has 0 spiro atoms. The molecule has 0 unspecified atom stereocenters. The zero-order chi connectivity index (χ0) is 17.9. The number of rotatable bonds is 7. The lowest BCUT2D eigenvalue weighted by atomic mass is 10.3. The van der Waals surface area contributed by atoms with E-state index >= 15 is 0 Å². The number of methoxy groups -OCH3 is 1. The van der Waals surface area contributed by atoms with Gasteiger partial charge in [0.2, 0.25) is 0 Å². The summed E-state index contributed by atoms with van der Waals surface area (Å²) in [6, 6.07) is 10.7. The molecule has 0 saturated carbocycles. The topological polar surface area (TPSA) is 69.7 Å². The molecule has 0 aliphatic rings. The maximum absolute atomic E-state index is 11.7. The molecule has 0 radical (unpaired) electrons. The third kappa shape index (κ3) is 6.83. The van der Waals surface area contributed by atoms with Crippen LogP contribution in [0.2, 0.25) is 0 Å². The molecule has 0 bridgehead atoms. The number of aromatic nitrogens is 1. The minimum absolute atomic E-state index is 0.0699. The van der Waals surface area contributed by atoms with E-state index in [0.29, 0.717) is 11.5 Å². The van der Waals surface area contributed by atoms with Crippen molar-refractivity contribution in [2.24, 2.45) is 0 Å². The molecular formula is C19H20N2O4. The van der Waals surface area contributed by atoms with Gasteiger partial charge < -0.3 is 19.5 Å². The maximum Gasteiger partial charge on any atom is 0.258 e. The van der Waals surface area contributed by atoms with E-state index in [0.717, 1.165) is 11.4 Å². The fourth-order valence-electron chi connectivity index (χ4n) is 1.79. The highest BCUT2D eigenvalue weighted by atomic mass is 16.5. The molecule has 1 aromatic heterocycles. The number of amides is 1. The molecule has 1 amide bonds. The van der Waals surface area contributed by atoms with Gasteiger partial charge in [-0.2, -0.15) is 0 Å². The first-order valence-electron chi connectivity index (χ1n) is 7.72. The Morgan fingerprint density at radius 2 is 1.76 bits per heavy atom. The highest BCUT2D eigenvalue weighted by Crippen LogP contribution is 2.16. The fraction of sp³-hybridized carbons (Fsp3) is 0.263. The van der Waals surface area contributed by atoms with E-state index in [-0.39, 0.29) is 25.7 Å². The average molecular weight is 340 g/mol. The Morgan fingerprint density at radius 3 is 2.44 bits per heavy atom. The first-order chi connectivity index (χ1) is 12.2. The quantitative estimate of drug-likeness (QED) is 0.781. The van der Waals surface area contributed by atoms with Crippen molar-refractivity contribution in [3.05, 3.63) is 48.3 Å². The van der Waals surface area contributed by atoms with E-state index in [2.05, 4.69) is 22.1 Å². The summed E-state index contributed by atoms with van der Waals surface area (Å²) in [4.78, 5) is 15.8. The number of nitrogens with one attached hydrogen (secondary N) is 1. The van der Waals surface area contributed by atoms with E-state index in [4.69, 9.17) is 14.2 Å². The molecule has 6 nitrogen and oxygen atoms in total. The zero-order valence-corrected chi connectivity index (χ0v) is 14.2. The van der Waals surface area contributed by atoms with Gasteiger partial charge in [-0.3, -0.25) is 9.78 Å². The number of pyridine rings is 1. The smallest absolute Gasteiger partial charge is 0.258 e. The van der Waals surface area contributed by atoms with Crippen LogP contribution in [0.4, 0.5) is 0 Å². The van der Waals surface area contributed by atoms with Gasteiger partial charge >= 0.3 is 0 Å². The number of benzene rings is 1. The van der Waals surface area contributed by atoms with E-state index in [1.54, 1.807) is 37.6 Å². The molecule has 1 aromatic carbocycles. The highest BCUT2D eigenvalue weighted by molar-refractivity contribution is 5.77. The van der Waals surface area contributed by atoms with E-state index in [1.165, 1.54) is 0 Å². The Morgan fingerprint density at radius 1 is 1.04 bits per heavy atom. The third-order valence-electron chi connectivity index (χ3n) is 3.12. The van der Waals surface area contributed by atoms with Crippen LogP contribution in [0.15, 0.2) is 42.6 Å². The largest absolute Gasteiger partial charge is 0.497 e. The molecule has 0 atom stereocenters. The van der Waals surface area contributed by atoms with Crippen LogP contribution in [0.3, 0.4) is 0 Å². The molecule has 2 rings (SSSR count). The van der Waals surface area contributed by atoms with Crippen LogP contribution < -0.4 is 19.5 Å². The number of carbonyl (C=O) groups is 1. The van der Waals surface area contributed by atoms with Crippen molar-refractivity contribution in [1.82, 2.24) is 10.3 Å². The summed E-state index contributed by atoms with van der Waals surface area (Å²) in [5.41, 5.74) is 0.929.